The minimum atomic E-state index is -0.221. The Morgan fingerprint density at radius 3 is 2.64 bits per heavy atom. The third kappa shape index (κ3) is 3.36. The number of aromatic nitrogens is 1. The molecule has 0 aliphatic carbocycles. The molecule has 122 valence electrons. The van der Waals surface area contributed by atoms with E-state index in [1.165, 1.54) is 0 Å². The second-order valence-electron chi connectivity index (χ2n) is 5.40. The molecule has 1 N–H and O–H groups in total. The topological polar surface area (TPSA) is 51.2 Å². The Balaban J connectivity index is 1.59. The first kappa shape index (κ1) is 15.4. The van der Waals surface area contributed by atoms with E-state index < -0.39 is 0 Å². The normalized spacial score (nSPS) is 10.6. The van der Waals surface area contributed by atoms with Crippen LogP contribution in [0.4, 0.5) is 5.69 Å². The van der Waals surface area contributed by atoms with Crippen LogP contribution in [0, 0.1) is 0 Å². The second-order valence-corrected chi connectivity index (χ2v) is 6.29. The predicted molar refractivity (Wildman–Crippen MR) is 101 cm³/mol. The van der Waals surface area contributed by atoms with Gasteiger partial charge >= 0.3 is 0 Å². The van der Waals surface area contributed by atoms with Crippen LogP contribution >= 0.6 is 11.3 Å². The van der Waals surface area contributed by atoms with E-state index in [1.807, 2.05) is 60.7 Å². The Bertz CT molecular complexity index is 1030. The van der Waals surface area contributed by atoms with Crippen molar-refractivity contribution in [2.24, 2.45) is 0 Å². The van der Waals surface area contributed by atoms with Gasteiger partial charge in [0, 0.05) is 5.69 Å². The molecule has 0 aliphatic rings. The first-order chi connectivity index (χ1) is 12.3. The highest BCUT2D eigenvalue weighted by atomic mass is 32.1. The number of anilines is 1. The van der Waals surface area contributed by atoms with Crippen LogP contribution in [-0.2, 0) is 0 Å². The molecule has 4 aromatic rings. The van der Waals surface area contributed by atoms with Crippen molar-refractivity contribution in [3.63, 3.8) is 0 Å². The monoisotopic (exact) mass is 346 g/mol. The molecule has 0 saturated carbocycles. The summed E-state index contributed by atoms with van der Waals surface area (Å²) >= 11 is 1.57. The Kier molecular flexibility index (Phi) is 4.14. The van der Waals surface area contributed by atoms with Crippen molar-refractivity contribution >= 4 is 33.1 Å². The summed E-state index contributed by atoms with van der Waals surface area (Å²) in [6.07, 6.45) is 0. The highest BCUT2D eigenvalue weighted by Gasteiger charge is 2.13. The smallest absolute Gasteiger partial charge is 0.259 e. The maximum Gasteiger partial charge on any atom is 0.259 e. The number of hydrogen-bond donors (Lipinski definition) is 1. The average Bonchev–Trinajstić information content (AvgIpc) is 3.11. The van der Waals surface area contributed by atoms with Crippen molar-refractivity contribution in [3.8, 4) is 11.5 Å². The van der Waals surface area contributed by atoms with Crippen molar-refractivity contribution < 1.29 is 9.53 Å². The summed E-state index contributed by atoms with van der Waals surface area (Å²) in [5, 5.41) is 2.91. The minimum Gasteiger partial charge on any atom is -0.457 e. The Labute approximate surface area is 148 Å². The fourth-order valence-corrected chi connectivity index (χ4v) is 3.15. The highest BCUT2D eigenvalue weighted by molar-refractivity contribution is 7.16. The van der Waals surface area contributed by atoms with Crippen LogP contribution in [0.1, 0.15) is 10.4 Å². The molecule has 1 heterocycles. The SMILES string of the molecule is O=C(Nc1ccc2scnc2c1)c1ccccc1Oc1ccccc1. The molecule has 0 fully saturated rings. The predicted octanol–water partition coefficient (Wildman–Crippen LogP) is 5.34. The van der Waals surface area contributed by atoms with Gasteiger partial charge in [0.1, 0.15) is 11.5 Å². The third-order valence-corrected chi connectivity index (χ3v) is 4.50. The molecular weight excluding hydrogens is 332 g/mol. The quantitative estimate of drug-likeness (QED) is 0.542. The number of rotatable bonds is 4. The largest absolute Gasteiger partial charge is 0.457 e. The van der Waals surface area contributed by atoms with E-state index in [-0.39, 0.29) is 5.91 Å². The molecule has 0 radical (unpaired) electrons. The molecule has 5 heteroatoms. The second kappa shape index (κ2) is 6.75. The molecule has 1 aromatic heterocycles. The maximum absolute atomic E-state index is 12.7. The van der Waals surface area contributed by atoms with Crippen molar-refractivity contribution in [2.75, 3.05) is 5.32 Å². The van der Waals surface area contributed by atoms with Gasteiger partial charge in [-0.15, -0.1) is 11.3 Å². The van der Waals surface area contributed by atoms with Gasteiger partial charge in [-0.3, -0.25) is 4.79 Å². The molecular formula is C20H14N2O2S. The lowest BCUT2D eigenvalue weighted by atomic mass is 10.1. The first-order valence-corrected chi connectivity index (χ1v) is 8.64. The molecule has 0 spiro atoms. The zero-order chi connectivity index (χ0) is 17.1. The Morgan fingerprint density at radius 1 is 0.960 bits per heavy atom. The van der Waals surface area contributed by atoms with Crippen molar-refractivity contribution in [3.05, 3.63) is 83.9 Å². The molecule has 0 bridgehead atoms. The van der Waals surface area contributed by atoms with Gasteiger partial charge in [0.05, 0.1) is 21.3 Å². The summed E-state index contributed by atoms with van der Waals surface area (Å²) < 4.78 is 6.94. The lowest BCUT2D eigenvalue weighted by molar-refractivity contribution is 0.102. The van der Waals surface area contributed by atoms with Gasteiger partial charge in [0.2, 0.25) is 0 Å². The van der Waals surface area contributed by atoms with Crippen LogP contribution in [0.5, 0.6) is 11.5 Å². The van der Waals surface area contributed by atoms with E-state index in [1.54, 1.807) is 29.0 Å². The molecule has 25 heavy (non-hydrogen) atoms. The summed E-state index contributed by atoms with van der Waals surface area (Å²) in [6, 6.07) is 22.3. The zero-order valence-electron chi connectivity index (χ0n) is 13.2. The Hall–Kier alpha value is -3.18. The number of carbonyl (C=O) groups excluding carboxylic acids is 1. The number of ether oxygens (including phenoxy) is 1. The van der Waals surface area contributed by atoms with Gasteiger partial charge in [0.15, 0.2) is 0 Å². The summed E-state index contributed by atoms with van der Waals surface area (Å²) in [5.41, 5.74) is 3.85. The maximum atomic E-state index is 12.7. The van der Waals surface area contributed by atoms with Crippen LogP contribution in [0.15, 0.2) is 78.3 Å². The fourth-order valence-electron chi connectivity index (χ4n) is 2.49. The molecule has 4 nitrogen and oxygen atoms in total. The van der Waals surface area contributed by atoms with Gasteiger partial charge in [-0.05, 0) is 42.5 Å². The van der Waals surface area contributed by atoms with Crippen LogP contribution < -0.4 is 10.1 Å². The summed E-state index contributed by atoms with van der Waals surface area (Å²) in [6.45, 7) is 0. The number of para-hydroxylation sites is 2. The number of nitrogens with one attached hydrogen (secondary N) is 1. The van der Waals surface area contributed by atoms with Crippen molar-refractivity contribution in [1.82, 2.24) is 4.98 Å². The van der Waals surface area contributed by atoms with Gasteiger partial charge in [-0.1, -0.05) is 30.3 Å². The summed E-state index contributed by atoms with van der Waals surface area (Å²) in [4.78, 5) is 17.0. The van der Waals surface area contributed by atoms with Gasteiger partial charge in [-0.2, -0.15) is 0 Å². The molecule has 1 amide bonds. The minimum absolute atomic E-state index is 0.221. The average molecular weight is 346 g/mol. The van der Waals surface area contributed by atoms with Crippen LogP contribution in [0.2, 0.25) is 0 Å². The summed E-state index contributed by atoms with van der Waals surface area (Å²) in [7, 11) is 0. The summed E-state index contributed by atoms with van der Waals surface area (Å²) in [5.74, 6) is 0.980. The number of thiazole rings is 1. The zero-order valence-corrected chi connectivity index (χ0v) is 14.0. The van der Waals surface area contributed by atoms with E-state index >= 15 is 0 Å². The van der Waals surface area contributed by atoms with Crippen molar-refractivity contribution in [1.29, 1.82) is 0 Å². The lowest BCUT2D eigenvalue weighted by Gasteiger charge is -2.11. The lowest BCUT2D eigenvalue weighted by Crippen LogP contribution is -2.12. The van der Waals surface area contributed by atoms with Gasteiger partial charge in [0.25, 0.3) is 5.91 Å². The first-order valence-electron chi connectivity index (χ1n) is 7.76. The number of hydrogen-bond acceptors (Lipinski definition) is 4. The van der Waals surface area contributed by atoms with E-state index in [0.29, 0.717) is 22.7 Å². The van der Waals surface area contributed by atoms with Gasteiger partial charge in [-0.25, -0.2) is 4.98 Å². The highest BCUT2D eigenvalue weighted by Crippen LogP contribution is 2.27. The van der Waals surface area contributed by atoms with Crippen molar-refractivity contribution in [2.45, 2.75) is 0 Å². The number of benzene rings is 3. The van der Waals surface area contributed by atoms with E-state index in [4.69, 9.17) is 4.74 Å². The standard InChI is InChI=1S/C20H14N2O2S/c23-20(22-14-10-11-19-17(12-14)21-13-25-19)16-8-4-5-9-18(16)24-15-6-2-1-3-7-15/h1-13H,(H,22,23). The fraction of sp³-hybridized carbons (Fsp3) is 0. The van der Waals surface area contributed by atoms with Crippen LogP contribution in [-0.4, -0.2) is 10.9 Å². The van der Waals surface area contributed by atoms with E-state index in [9.17, 15) is 4.79 Å². The Morgan fingerprint density at radius 2 is 1.76 bits per heavy atom. The van der Waals surface area contributed by atoms with E-state index in [0.717, 1.165) is 10.2 Å². The van der Waals surface area contributed by atoms with Gasteiger partial charge < -0.3 is 10.1 Å². The molecule has 0 aliphatic heterocycles. The van der Waals surface area contributed by atoms with E-state index in [2.05, 4.69) is 10.3 Å². The molecule has 0 saturated heterocycles. The number of amides is 1. The third-order valence-electron chi connectivity index (χ3n) is 3.69. The number of fused-ring (bicyclic) bond motifs is 1. The molecule has 3 aromatic carbocycles. The number of nitrogens with zero attached hydrogens (tertiary/aromatic N) is 1. The molecule has 0 atom stereocenters. The van der Waals surface area contributed by atoms with Crippen LogP contribution in [0.25, 0.3) is 10.2 Å². The molecule has 4 rings (SSSR count). The van der Waals surface area contributed by atoms with Crippen LogP contribution in [0.3, 0.4) is 0 Å². The molecule has 0 unspecified atom stereocenters. The number of carbonyl (C=O) groups is 1.